The summed E-state index contributed by atoms with van der Waals surface area (Å²) in [5, 5.41) is 0. The van der Waals surface area contributed by atoms with Crippen molar-refractivity contribution >= 4 is 0 Å². The van der Waals surface area contributed by atoms with E-state index in [0.29, 0.717) is 0 Å². The van der Waals surface area contributed by atoms with Crippen molar-refractivity contribution in [3.05, 3.63) is 36.5 Å². The van der Waals surface area contributed by atoms with Crippen LogP contribution in [0.3, 0.4) is 0 Å². The van der Waals surface area contributed by atoms with Crippen LogP contribution in [-0.4, -0.2) is 0 Å². The number of hydrogen-bond donors (Lipinski definition) is 0. The molecule has 0 spiro atoms. The zero-order valence-corrected chi connectivity index (χ0v) is 7.71. The molecule has 0 heterocycles. The van der Waals surface area contributed by atoms with Crippen LogP contribution in [-0.2, 0) is 0 Å². The smallest absolute Gasteiger partial charge is 0.0348 e. The molecule has 1 aliphatic carbocycles. The lowest BCUT2D eigenvalue weighted by molar-refractivity contribution is 0.652. The average molecular weight is 162 g/mol. The third kappa shape index (κ3) is 4.95. The van der Waals surface area contributed by atoms with Crippen molar-refractivity contribution in [1.82, 2.24) is 0 Å². The van der Waals surface area contributed by atoms with E-state index in [-0.39, 0.29) is 0 Å². The normalized spacial score (nSPS) is 25.3. The molecule has 0 aromatic rings. The van der Waals surface area contributed by atoms with E-state index in [1.165, 1.54) is 38.5 Å². The summed E-state index contributed by atoms with van der Waals surface area (Å²) < 4.78 is 0. The van der Waals surface area contributed by atoms with E-state index in [2.05, 4.69) is 36.5 Å². The van der Waals surface area contributed by atoms with Gasteiger partial charge < -0.3 is 0 Å². The van der Waals surface area contributed by atoms with Crippen LogP contribution in [0, 0.1) is 0 Å². The molecule has 0 fully saturated rings. The molecule has 0 saturated heterocycles. The van der Waals surface area contributed by atoms with Gasteiger partial charge in [-0.2, -0.15) is 0 Å². The van der Waals surface area contributed by atoms with Gasteiger partial charge in [0.05, 0.1) is 0 Å². The molecule has 0 N–H and O–H groups in total. The molecule has 0 heteroatoms. The van der Waals surface area contributed by atoms with Crippen molar-refractivity contribution in [2.75, 3.05) is 0 Å². The molecule has 0 saturated carbocycles. The maximum atomic E-state index is 2.26. The third-order valence-corrected chi connectivity index (χ3v) is 2.10. The van der Waals surface area contributed by atoms with Gasteiger partial charge in [-0.15, -0.1) is 0 Å². The van der Waals surface area contributed by atoms with E-state index in [1.54, 1.807) is 0 Å². The monoisotopic (exact) mass is 162 g/mol. The van der Waals surface area contributed by atoms with Crippen molar-refractivity contribution in [2.24, 2.45) is 0 Å². The van der Waals surface area contributed by atoms with Crippen LogP contribution in [0.15, 0.2) is 36.5 Å². The van der Waals surface area contributed by atoms with Crippen LogP contribution in [0.2, 0.25) is 0 Å². The van der Waals surface area contributed by atoms with Crippen LogP contribution >= 0.6 is 0 Å². The molecule has 66 valence electrons. The highest BCUT2D eigenvalue weighted by atomic mass is 13.9. The van der Waals surface area contributed by atoms with Crippen LogP contribution in [0.1, 0.15) is 38.5 Å². The van der Waals surface area contributed by atoms with E-state index < -0.39 is 0 Å². The fourth-order valence-corrected chi connectivity index (χ4v) is 1.36. The van der Waals surface area contributed by atoms with Gasteiger partial charge in [-0.25, -0.2) is 0 Å². The van der Waals surface area contributed by atoms with Gasteiger partial charge in [-0.3, -0.25) is 0 Å². The van der Waals surface area contributed by atoms with Gasteiger partial charge in [-0.1, -0.05) is 49.3 Å². The van der Waals surface area contributed by atoms with Crippen molar-refractivity contribution in [3.63, 3.8) is 0 Å². The lowest BCUT2D eigenvalue weighted by atomic mass is 10.1. The third-order valence-electron chi connectivity index (χ3n) is 2.10. The van der Waals surface area contributed by atoms with Crippen molar-refractivity contribution in [3.8, 4) is 0 Å². The summed E-state index contributed by atoms with van der Waals surface area (Å²) in [5.41, 5.74) is 0. The molecule has 0 atom stereocenters. The minimum absolute atomic E-state index is 1.24. The Labute approximate surface area is 75.7 Å². The van der Waals surface area contributed by atoms with Crippen LogP contribution < -0.4 is 0 Å². The Balaban J connectivity index is 2.32. The summed E-state index contributed by atoms with van der Waals surface area (Å²) in [6.45, 7) is 0. The van der Waals surface area contributed by atoms with E-state index in [1.807, 2.05) is 0 Å². The molecule has 12 heavy (non-hydrogen) atoms. The fourth-order valence-electron chi connectivity index (χ4n) is 1.36. The van der Waals surface area contributed by atoms with Crippen LogP contribution in [0.5, 0.6) is 0 Å². The molecular formula is C12H18. The van der Waals surface area contributed by atoms with Gasteiger partial charge in [0.25, 0.3) is 0 Å². The summed E-state index contributed by atoms with van der Waals surface area (Å²) in [7, 11) is 0. The first-order valence-electron chi connectivity index (χ1n) is 4.98. The Morgan fingerprint density at radius 1 is 0.500 bits per heavy atom. The highest BCUT2D eigenvalue weighted by molar-refractivity contribution is 5.11. The largest absolute Gasteiger partial charge is 0.0845 e. The lowest BCUT2D eigenvalue weighted by Gasteiger charge is -1.96. The molecule has 0 nitrogen and oxygen atoms in total. The first-order valence-corrected chi connectivity index (χ1v) is 4.98. The van der Waals surface area contributed by atoms with Crippen molar-refractivity contribution < 1.29 is 0 Å². The van der Waals surface area contributed by atoms with E-state index >= 15 is 0 Å². The molecule has 0 unspecified atom stereocenters. The maximum absolute atomic E-state index is 2.26. The first kappa shape index (κ1) is 9.31. The van der Waals surface area contributed by atoms with E-state index in [9.17, 15) is 0 Å². The number of hydrogen-bond acceptors (Lipinski definition) is 0. The van der Waals surface area contributed by atoms with Crippen LogP contribution in [0.4, 0.5) is 0 Å². The molecule has 0 aliphatic heterocycles. The van der Waals surface area contributed by atoms with Gasteiger partial charge in [0, 0.05) is 0 Å². The van der Waals surface area contributed by atoms with Gasteiger partial charge >= 0.3 is 0 Å². The van der Waals surface area contributed by atoms with E-state index in [4.69, 9.17) is 0 Å². The van der Waals surface area contributed by atoms with Crippen molar-refractivity contribution in [1.29, 1.82) is 0 Å². The summed E-state index contributed by atoms with van der Waals surface area (Å²) in [5.74, 6) is 0. The lowest BCUT2D eigenvalue weighted by Crippen LogP contribution is -1.77. The highest BCUT2D eigenvalue weighted by Crippen LogP contribution is 2.07. The number of rotatable bonds is 0. The Morgan fingerprint density at radius 3 is 1.50 bits per heavy atom. The van der Waals surface area contributed by atoms with Crippen molar-refractivity contribution in [2.45, 2.75) is 38.5 Å². The second kappa shape index (κ2) is 6.90. The molecule has 1 aliphatic rings. The molecular weight excluding hydrogens is 144 g/mol. The number of allylic oxidation sites excluding steroid dienone is 6. The van der Waals surface area contributed by atoms with Gasteiger partial charge in [0.1, 0.15) is 0 Å². The second-order valence-corrected chi connectivity index (χ2v) is 3.23. The molecule has 0 amide bonds. The Bertz CT molecular complexity index is 152. The van der Waals surface area contributed by atoms with Gasteiger partial charge in [0.15, 0.2) is 0 Å². The molecule has 0 aromatic carbocycles. The molecule has 1 rings (SSSR count). The summed E-state index contributed by atoms with van der Waals surface area (Å²) in [6, 6.07) is 0. The second-order valence-electron chi connectivity index (χ2n) is 3.23. The maximum Gasteiger partial charge on any atom is -0.0348 e. The van der Waals surface area contributed by atoms with Gasteiger partial charge in [-0.05, 0) is 25.7 Å². The zero-order chi connectivity index (χ0) is 8.49. The highest BCUT2D eigenvalue weighted by Gasteiger charge is 1.87. The zero-order valence-electron chi connectivity index (χ0n) is 7.71. The van der Waals surface area contributed by atoms with E-state index in [0.717, 1.165) is 0 Å². The predicted molar refractivity (Wildman–Crippen MR) is 55.1 cm³/mol. The fraction of sp³-hybridized carbons (Fsp3) is 0.500. The molecule has 0 bridgehead atoms. The van der Waals surface area contributed by atoms with Gasteiger partial charge in [0.2, 0.25) is 0 Å². The average Bonchev–Trinajstić information content (AvgIpc) is 2.05. The SMILES string of the molecule is C1=CCCCCCC/C=C\C=C\1. The summed E-state index contributed by atoms with van der Waals surface area (Å²) >= 11 is 0. The first-order chi connectivity index (χ1) is 6.00. The molecule has 0 radical (unpaired) electrons. The Kier molecular flexibility index (Phi) is 5.35. The van der Waals surface area contributed by atoms with Crippen LogP contribution in [0.25, 0.3) is 0 Å². The Morgan fingerprint density at radius 2 is 1.00 bits per heavy atom. The Hall–Kier alpha value is -0.780. The summed E-state index contributed by atoms with van der Waals surface area (Å²) in [4.78, 5) is 0. The molecule has 0 aromatic heterocycles. The minimum atomic E-state index is 1.24. The summed E-state index contributed by atoms with van der Waals surface area (Å²) in [6.07, 6.45) is 21.0. The predicted octanol–water partition coefficient (Wildman–Crippen LogP) is 4.01. The topological polar surface area (TPSA) is 0 Å². The minimum Gasteiger partial charge on any atom is -0.0845 e. The standard InChI is InChI=1S/C12H18/c1-2-4-6-8-10-12-11-9-7-5-3-1/h1-6H,7-12H2/b2-1+,5-3-,6-4?. The quantitative estimate of drug-likeness (QED) is 0.505.